The molecule has 0 aliphatic carbocycles. The molecule has 1 aliphatic rings. The third-order valence-electron chi connectivity index (χ3n) is 4.35. The molecule has 0 saturated carbocycles. The zero-order valence-electron chi connectivity index (χ0n) is 12.9. The lowest BCUT2D eigenvalue weighted by Crippen LogP contribution is -2.31. The van der Waals surface area contributed by atoms with Gasteiger partial charge >= 0.3 is 0 Å². The van der Waals surface area contributed by atoms with Gasteiger partial charge < -0.3 is 4.90 Å². The normalized spacial score (nSPS) is 17.8. The van der Waals surface area contributed by atoms with Crippen LogP contribution in [0, 0.1) is 6.92 Å². The molecule has 1 atom stereocenters. The van der Waals surface area contributed by atoms with E-state index >= 15 is 0 Å². The molecule has 116 valence electrons. The summed E-state index contributed by atoms with van der Waals surface area (Å²) < 4.78 is 1.52. The van der Waals surface area contributed by atoms with Gasteiger partial charge in [-0.05, 0) is 44.0 Å². The summed E-state index contributed by atoms with van der Waals surface area (Å²) in [6, 6.07) is 9.59. The fourth-order valence-electron chi connectivity index (χ4n) is 3.30. The number of carbonyl (C=O) groups is 1. The number of hydrogen-bond acceptors (Lipinski definition) is 4. The lowest BCUT2D eigenvalue weighted by molar-refractivity contribution is 0.0734. The molecule has 1 amide bonds. The van der Waals surface area contributed by atoms with E-state index in [0.717, 1.165) is 30.6 Å². The molecule has 0 aromatic carbocycles. The summed E-state index contributed by atoms with van der Waals surface area (Å²) in [7, 11) is 0. The zero-order valence-corrected chi connectivity index (χ0v) is 12.9. The van der Waals surface area contributed by atoms with Crippen molar-refractivity contribution in [3.05, 3.63) is 59.7 Å². The van der Waals surface area contributed by atoms with Crippen molar-refractivity contribution in [2.24, 2.45) is 0 Å². The van der Waals surface area contributed by atoms with E-state index in [9.17, 15) is 4.79 Å². The molecule has 3 aromatic rings. The van der Waals surface area contributed by atoms with Gasteiger partial charge in [0.25, 0.3) is 5.91 Å². The average Bonchev–Trinajstić information content (AvgIpc) is 3.18. The van der Waals surface area contributed by atoms with Crippen molar-refractivity contribution in [2.45, 2.75) is 25.8 Å². The van der Waals surface area contributed by atoms with Gasteiger partial charge in [-0.2, -0.15) is 14.8 Å². The van der Waals surface area contributed by atoms with E-state index in [4.69, 9.17) is 0 Å². The standard InChI is InChI=1S/C17H17N5O/c1-12-16(15-7-4-10-19-22(15)20-12)17(23)21-11-5-8-14(21)13-6-2-3-9-18-13/h2-4,6-7,9-10,14H,5,8,11H2,1H3. The van der Waals surface area contributed by atoms with E-state index in [1.54, 1.807) is 12.4 Å². The number of nitrogens with zero attached hydrogens (tertiary/aromatic N) is 5. The van der Waals surface area contributed by atoms with E-state index in [2.05, 4.69) is 15.2 Å². The molecule has 0 spiro atoms. The van der Waals surface area contributed by atoms with Crippen LogP contribution in [0.25, 0.3) is 5.52 Å². The number of fused-ring (bicyclic) bond motifs is 1. The highest BCUT2D eigenvalue weighted by Gasteiger charge is 2.33. The van der Waals surface area contributed by atoms with Crippen LogP contribution in [0.1, 0.15) is 40.6 Å². The first-order valence-electron chi connectivity index (χ1n) is 7.78. The highest BCUT2D eigenvalue weighted by Crippen LogP contribution is 2.33. The van der Waals surface area contributed by atoms with E-state index in [0.29, 0.717) is 11.3 Å². The number of rotatable bonds is 2. The minimum atomic E-state index is 0.0126. The first-order valence-corrected chi connectivity index (χ1v) is 7.78. The zero-order chi connectivity index (χ0) is 15.8. The van der Waals surface area contributed by atoms with Gasteiger partial charge in [0, 0.05) is 18.9 Å². The second-order valence-corrected chi connectivity index (χ2v) is 5.77. The summed E-state index contributed by atoms with van der Waals surface area (Å²) in [6.07, 6.45) is 5.38. The Kier molecular flexibility index (Phi) is 3.29. The van der Waals surface area contributed by atoms with Crippen LogP contribution < -0.4 is 0 Å². The van der Waals surface area contributed by atoms with Crippen molar-refractivity contribution in [3.8, 4) is 0 Å². The fraction of sp³-hybridized carbons (Fsp3) is 0.294. The first-order chi connectivity index (χ1) is 11.3. The molecule has 6 heteroatoms. The van der Waals surface area contributed by atoms with Crippen molar-refractivity contribution in [1.82, 2.24) is 24.7 Å². The third-order valence-corrected chi connectivity index (χ3v) is 4.35. The number of carbonyl (C=O) groups excluding carboxylic acids is 1. The molecule has 6 nitrogen and oxygen atoms in total. The molecule has 0 bridgehead atoms. The van der Waals surface area contributed by atoms with Gasteiger partial charge in [0.2, 0.25) is 0 Å². The lowest BCUT2D eigenvalue weighted by Gasteiger charge is -2.24. The number of likely N-dealkylation sites (tertiary alicyclic amines) is 1. The van der Waals surface area contributed by atoms with Gasteiger partial charge in [-0.25, -0.2) is 0 Å². The number of hydrogen-bond donors (Lipinski definition) is 0. The van der Waals surface area contributed by atoms with Crippen molar-refractivity contribution in [3.63, 3.8) is 0 Å². The van der Waals surface area contributed by atoms with Crippen LogP contribution in [0.3, 0.4) is 0 Å². The van der Waals surface area contributed by atoms with Crippen molar-refractivity contribution in [1.29, 1.82) is 0 Å². The molecule has 0 N–H and O–H groups in total. The predicted molar refractivity (Wildman–Crippen MR) is 85.0 cm³/mol. The monoisotopic (exact) mass is 307 g/mol. The molecule has 4 heterocycles. The SMILES string of the molecule is Cc1nn2ncccc2c1C(=O)N1CCCC1c1ccccn1. The molecule has 1 aliphatic heterocycles. The largest absolute Gasteiger partial charge is 0.330 e. The van der Waals surface area contributed by atoms with Gasteiger partial charge in [-0.3, -0.25) is 9.78 Å². The third kappa shape index (κ3) is 2.27. The summed E-state index contributed by atoms with van der Waals surface area (Å²) >= 11 is 0. The van der Waals surface area contributed by atoms with Gasteiger partial charge in [-0.1, -0.05) is 6.07 Å². The maximum absolute atomic E-state index is 13.1. The Morgan fingerprint density at radius 3 is 2.96 bits per heavy atom. The van der Waals surface area contributed by atoms with E-state index in [1.807, 2.05) is 42.2 Å². The summed E-state index contributed by atoms with van der Waals surface area (Å²) in [6.45, 7) is 2.60. The van der Waals surface area contributed by atoms with Crippen LogP contribution in [0.2, 0.25) is 0 Å². The topological polar surface area (TPSA) is 63.4 Å². The molecule has 1 unspecified atom stereocenters. The van der Waals surface area contributed by atoms with Crippen molar-refractivity contribution in [2.75, 3.05) is 6.54 Å². The number of aryl methyl sites for hydroxylation is 1. The number of aromatic nitrogens is 4. The summed E-state index contributed by atoms with van der Waals surface area (Å²) in [5, 5.41) is 8.52. The maximum atomic E-state index is 13.1. The highest BCUT2D eigenvalue weighted by molar-refractivity contribution is 6.02. The molecule has 1 fully saturated rings. The van der Waals surface area contributed by atoms with E-state index in [-0.39, 0.29) is 11.9 Å². The van der Waals surface area contributed by atoms with Gasteiger partial charge in [0.05, 0.1) is 23.0 Å². The van der Waals surface area contributed by atoms with Crippen LogP contribution in [-0.2, 0) is 0 Å². The van der Waals surface area contributed by atoms with Gasteiger partial charge in [0.1, 0.15) is 5.52 Å². The highest BCUT2D eigenvalue weighted by atomic mass is 16.2. The summed E-state index contributed by atoms with van der Waals surface area (Å²) in [4.78, 5) is 19.5. The molecule has 4 rings (SSSR count). The quantitative estimate of drug-likeness (QED) is 0.729. The Morgan fingerprint density at radius 2 is 2.13 bits per heavy atom. The Balaban J connectivity index is 1.74. The Bertz CT molecular complexity index is 858. The predicted octanol–water partition coefficient (Wildman–Crippen LogP) is 2.41. The Labute approximate surface area is 133 Å². The maximum Gasteiger partial charge on any atom is 0.258 e. The Morgan fingerprint density at radius 1 is 1.22 bits per heavy atom. The summed E-state index contributed by atoms with van der Waals surface area (Å²) in [5.41, 5.74) is 3.05. The van der Waals surface area contributed by atoms with Crippen LogP contribution in [0.15, 0.2) is 42.7 Å². The van der Waals surface area contributed by atoms with Crippen LogP contribution in [-0.4, -0.2) is 37.2 Å². The van der Waals surface area contributed by atoms with E-state index in [1.165, 1.54) is 4.63 Å². The van der Waals surface area contributed by atoms with E-state index < -0.39 is 0 Å². The summed E-state index contributed by atoms with van der Waals surface area (Å²) in [5.74, 6) is 0.0126. The number of amides is 1. The van der Waals surface area contributed by atoms with Crippen LogP contribution >= 0.6 is 0 Å². The average molecular weight is 307 g/mol. The molecule has 23 heavy (non-hydrogen) atoms. The smallest absolute Gasteiger partial charge is 0.258 e. The molecular weight excluding hydrogens is 290 g/mol. The fourth-order valence-corrected chi connectivity index (χ4v) is 3.30. The second kappa shape index (κ2) is 5.46. The second-order valence-electron chi connectivity index (χ2n) is 5.77. The minimum absolute atomic E-state index is 0.0126. The number of pyridine rings is 1. The van der Waals surface area contributed by atoms with Crippen molar-refractivity contribution >= 4 is 11.4 Å². The van der Waals surface area contributed by atoms with Crippen LogP contribution in [0.5, 0.6) is 0 Å². The van der Waals surface area contributed by atoms with Gasteiger partial charge in [0.15, 0.2) is 0 Å². The van der Waals surface area contributed by atoms with Crippen LogP contribution in [0.4, 0.5) is 0 Å². The molecule has 0 radical (unpaired) electrons. The molecular formula is C17H17N5O. The lowest BCUT2D eigenvalue weighted by atomic mass is 10.1. The molecule has 1 saturated heterocycles. The first kappa shape index (κ1) is 13.9. The molecule has 3 aromatic heterocycles. The Hall–Kier alpha value is -2.76. The minimum Gasteiger partial charge on any atom is -0.330 e. The van der Waals surface area contributed by atoms with Crippen molar-refractivity contribution < 1.29 is 4.79 Å². The van der Waals surface area contributed by atoms with Gasteiger partial charge in [-0.15, -0.1) is 0 Å².